The highest BCUT2D eigenvalue weighted by molar-refractivity contribution is 5.95. The van der Waals surface area contributed by atoms with Crippen LogP contribution in [0.15, 0.2) is 24.3 Å². The highest BCUT2D eigenvalue weighted by Gasteiger charge is 2.17. The summed E-state index contributed by atoms with van der Waals surface area (Å²) < 4.78 is 5.25. The van der Waals surface area contributed by atoms with Gasteiger partial charge in [0.15, 0.2) is 12.4 Å². The number of nitrogens with two attached hydrogens (primary N) is 1. The molecule has 6 heteroatoms. The third-order valence-corrected chi connectivity index (χ3v) is 1.97. The van der Waals surface area contributed by atoms with Crippen molar-refractivity contribution in [2.45, 2.75) is 13.0 Å². The average molecular weight is 236 g/mol. The lowest BCUT2D eigenvalue weighted by Gasteiger charge is -2.14. The van der Waals surface area contributed by atoms with E-state index in [1.54, 1.807) is 24.3 Å². The van der Waals surface area contributed by atoms with Gasteiger partial charge in [0, 0.05) is 0 Å². The molecule has 0 heterocycles. The normalized spacial score (nSPS) is 11.4. The number of nitrogens with one attached hydrogen (secondary N) is 1. The molecule has 0 bridgehead atoms. The first kappa shape index (κ1) is 12.7. The molecule has 0 unspecified atom stereocenters. The van der Waals surface area contributed by atoms with E-state index in [2.05, 4.69) is 0 Å². The summed E-state index contributed by atoms with van der Waals surface area (Å²) in [5, 5.41) is 1.89. The molecule has 0 aliphatic carbocycles. The Morgan fingerprint density at radius 1 is 1.41 bits per heavy atom. The number of hydrogen-bond donors (Lipinski definition) is 2. The van der Waals surface area contributed by atoms with E-state index in [4.69, 9.17) is 10.5 Å². The van der Waals surface area contributed by atoms with Gasteiger partial charge in [-0.15, -0.1) is 0 Å². The van der Waals surface area contributed by atoms with Crippen LogP contribution in [0.25, 0.3) is 0 Å². The number of imide groups is 1. The van der Waals surface area contributed by atoms with Gasteiger partial charge in [-0.3, -0.25) is 14.9 Å². The first-order valence-corrected chi connectivity index (χ1v) is 4.85. The molecule has 0 saturated heterocycles. The number of para-hydroxylation sites is 1. The van der Waals surface area contributed by atoms with Crippen LogP contribution in [0.4, 0.5) is 4.79 Å². The van der Waals surface area contributed by atoms with Crippen molar-refractivity contribution in [3.05, 3.63) is 29.8 Å². The van der Waals surface area contributed by atoms with Crippen LogP contribution in [-0.4, -0.2) is 24.3 Å². The standard InChI is InChI=1S/C11H12N2O4/c1-7(10(15)13-11(12)16)17-9-5-3-2-4-8(9)6-14/h2-7H,1H3,(H3,12,13,15,16)/t7-/m1/s1. The third kappa shape index (κ3) is 3.60. The lowest BCUT2D eigenvalue weighted by molar-refractivity contribution is -0.126. The second-order valence-electron chi connectivity index (χ2n) is 3.27. The summed E-state index contributed by atoms with van der Waals surface area (Å²) in [4.78, 5) is 32.5. The molecule has 1 atom stereocenters. The predicted molar refractivity (Wildman–Crippen MR) is 59.6 cm³/mol. The van der Waals surface area contributed by atoms with Crippen molar-refractivity contribution < 1.29 is 19.1 Å². The Balaban J connectivity index is 2.73. The average Bonchev–Trinajstić information content (AvgIpc) is 2.28. The van der Waals surface area contributed by atoms with Crippen LogP contribution in [0.3, 0.4) is 0 Å². The molecule has 1 aromatic rings. The van der Waals surface area contributed by atoms with Crippen molar-refractivity contribution in [3.63, 3.8) is 0 Å². The van der Waals surface area contributed by atoms with E-state index in [1.807, 2.05) is 5.32 Å². The first-order valence-electron chi connectivity index (χ1n) is 4.85. The van der Waals surface area contributed by atoms with E-state index in [-0.39, 0.29) is 5.75 Å². The quantitative estimate of drug-likeness (QED) is 0.742. The van der Waals surface area contributed by atoms with Crippen molar-refractivity contribution in [2.24, 2.45) is 5.73 Å². The number of benzene rings is 1. The zero-order valence-electron chi connectivity index (χ0n) is 9.17. The van der Waals surface area contributed by atoms with Gasteiger partial charge in [0.25, 0.3) is 5.91 Å². The van der Waals surface area contributed by atoms with E-state index in [1.165, 1.54) is 6.92 Å². The van der Waals surface area contributed by atoms with Crippen LogP contribution in [0.5, 0.6) is 5.75 Å². The molecule has 1 aromatic carbocycles. The van der Waals surface area contributed by atoms with Gasteiger partial charge in [-0.2, -0.15) is 0 Å². The Morgan fingerprint density at radius 3 is 2.65 bits per heavy atom. The minimum absolute atomic E-state index is 0.273. The maximum Gasteiger partial charge on any atom is 0.318 e. The molecule has 0 aliphatic heterocycles. The number of ether oxygens (including phenoxy) is 1. The molecule has 0 saturated carbocycles. The van der Waals surface area contributed by atoms with Crippen LogP contribution >= 0.6 is 0 Å². The molecule has 0 aliphatic rings. The van der Waals surface area contributed by atoms with Crippen LogP contribution < -0.4 is 15.8 Å². The van der Waals surface area contributed by atoms with Gasteiger partial charge in [0.2, 0.25) is 0 Å². The van der Waals surface area contributed by atoms with Crippen molar-refractivity contribution in [3.8, 4) is 5.75 Å². The molecule has 90 valence electrons. The molecule has 0 radical (unpaired) electrons. The maximum absolute atomic E-state index is 11.3. The monoisotopic (exact) mass is 236 g/mol. The number of aldehydes is 1. The molecule has 17 heavy (non-hydrogen) atoms. The summed E-state index contributed by atoms with van der Waals surface area (Å²) in [6.45, 7) is 1.44. The fourth-order valence-electron chi connectivity index (χ4n) is 1.15. The molecule has 1 rings (SSSR count). The second-order valence-corrected chi connectivity index (χ2v) is 3.27. The lowest BCUT2D eigenvalue weighted by Crippen LogP contribution is -2.42. The number of carbonyl (C=O) groups excluding carboxylic acids is 3. The highest BCUT2D eigenvalue weighted by atomic mass is 16.5. The second kappa shape index (κ2) is 5.64. The zero-order valence-corrected chi connectivity index (χ0v) is 9.17. The number of hydrogen-bond acceptors (Lipinski definition) is 4. The molecule has 6 nitrogen and oxygen atoms in total. The fourth-order valence-corrected chi connectivity index (χ4v) is 1.15. The Labute approximate surface area is 97.7 Å². The molecule has 0 fully saturated rings. The minimum Gasteiger partial charge on any atom is -0.480 e. The molecule has 3 N–H and O–H groups in total. The molecule has 3 amide bonds. The van der Waals surface area contributed by atoms with Crippen LogP contribution in [0.2, 0.25) is 0 Å². The summed E-state index contributed by atoms with van der Waals surface area (Å²) in [6.07, 6.45) is -0.308. The Morgan fingerprint density at radius 2 is 2.06 bits per heavy atom. The van der Waals surface area contributed by atoms with Gasteiger partial charge < -0.3 is 10.5 Å². The number of rotatable bonds is 4. The van der Waals surface area contributed by atoms with E-state index in [0.717, 1.165) is 0 Å². The van der Waals surface area contributed by atoms with E-state index < -0.39 is 18.0 Å². The van der Waals surface area contributed by atoms with Gasteiger partial charge in [0.05, 0.1) is 5.56 Å². The fraction of sp³-hybridized carbons (Fsp3) is 0.182. The van der Waals surface area contributed by atoms with E-state index in [0.29, 0.717) is 11.8 Å². The van der Waals surface area contributed by atoms with Crippen LogP contribution in [0, 0.1) is 0 Å². The van der Waals surface area contributed by atoms with Gasteiger partial charge in [0.1, 0.15) is 5.75 Å². The SMILES string of the molecule is C[C@@H](Oc1ccccc1C=O)C(=O)NC(N)=O. The maximum atomic E-state index is 11.3. The minimum atomic E-state index is -0.950. The molecule has 0 spiro atoms. The molecule has 0 aromatic heterocycles. The summed E-state index contributed by atoms with van der Waals surface area (Å²) >= 11 is 0. The number of primary amides is 1. The van der Waals surface area contributed by atoms with Crippen molar-refractivity contribution in [2.75, 3.05) is 0 Å². The van der Waals surface area contributed by atoms with Gasteiger partial charge in [-0.1, -0.05) is 12.1 Å². The Hall–Kier alpha value is -2.37. The summed E-state index contributed by atoms with van der Waals surface area (Å²) in [7, 11) is 0. The molecular formula is C11H12N2O4. The van der Waals surface area contributed by atoms with Crippen LogP contribution in [0.1, 0.15) is 17.3 Å². The summed E-state index contributed by atoms with van der Waals surface area (Å²) in [6, 6.07) is 5.50. The van der Waals surface area contributed by atoms with Gasteiger partial charge in [-0.25, -0.2) is 4.79 Å². The Bertz CT molecular complexity index is 445. The van der Waals surface area contributed by atoms with Crippen molar-refractivity contribution in [1.82, 2.24) is 5.32 Å². The number of amides is 3. The molecular weight excluding hydrogens is 224 g/mol. The highest BCUT2D eigenvalue weighted by Crippen LogP contribution is 2.17. The largest absolute Gasteiger partial charge is 0.480 e. The number of carbonyl (C=O) groups is 3. The van der Waals surface area contributed by atoms with Crippen molar-refractivity contribution >= 4 is 18.2 Å². The van der Waals surface area contributed by atoms with Crippen LogP contribution in [-0.2, 0) is 4.79 Å². The topological polar surface area (TPSA) is 98.5 Å². The number of urea groups is 1. The smallest absolute Gasteiger partial charge is 0.318 e. The van der Waals surface area contributed by atoms with Gasteiger partial charge >= 0.3 is 6.03 Å². The summed E-state index contributed by atoms with van der Waals surface area (Å²) in [5.74, 6) is -0.396. The van der Waals surface area contributed by atoms with E-state index >= 15 is 0 Å². The van der Waals surface area contributed by atoms with Gasteiger partial charge in [-0.05, 0) is 19.1 Å². The first-order chi connectivity index (χ1) is 8.04. The lowest BCUT2D eigenvalue weighted by atomic mass is 10.2. The van der Waals surface area contributed by atoms with E-state index in [9.17, 15) is 14.4 Å². The summed E-state index contributed by atoms with van der Waals surface area (Å²) in [5.41, 5.74) is 5.12. The zero-order chi connectivity index (χ0) is 12.8. The predicted octanol–water partition coefficient (Wildman–Crippen LogP) is 0.461. The van der Waals surface area contributed by atoms with Crippen molar-refractivity contribution in [1.29, 1.82) is 0 Å². The Kier molecular flexibility index (Phi) is 4.21. The third-order valence-electron chi connectivity index (χ3n) is 1.97.